The van der Waals surface area contributed by atoms with E-state index >= 15 is 0 Å². The molecular weight excluding hydrogens is 322 g/mol. The molecule has 1 N–H and O–H groups in total. The number of pyridine rings is 1. The lowest BCUT2D eigenvalue weighted by molar-refractivity contribution is 0.249. The van der Waals surface area contributed by atoms with Crippen LogP contribution in [0.15, 0.2) is 63.8 Å². The van der Waals surface area contributed by atoms with Gasteiger partial charge in [-0.25, -0.2) is 0 Å². The third kappa shape index (κ3) is 2.69. The molecule has 4 heterocycles. The molecule has 2 unspecified atom stereocenters. The summed E-state index contributed by atoms with van der Waals surface area (Å²) < 4.78 is 11.4. The van der Waals surface area contributed by atoms with Gasteiger partial charge in [0.05, 0.1) is 24.5 Å². The predicted molar refractivity (Wildman–Crippen MR) is 93.1 cm³/mol. The van der Waals surface area contributed by atoms with Gasteiger partial charge in [-0.15, -0.1) is 0 Å². The molecule has 0 radical (unpaired) electrons. The molecule has 1 aliphatic rings. The molecule has 5 nitrogen and oxygen atoms in total. The van der Waals surface area contributed by atoms with Gasteiger partial charge in [-0.3, -0.25) is 4.98 Å². The third-order valence-corrected chi connectivity index (χ3v) is 4.51. The van der Waals surface area contributed by atoms with Crippen LogP contribution in [0, 0.1) is 6.92 Å². The van der Waals surface area contributed by atoms with Gasteiger partial charge in [0.25, 0.3) is 0 Å². The highest BCUT2D eigenvalue weighted by Crippen LogP contribution is 2.39. The van der Waals surface area contributed by atoms with Gasteiger partial charge in [0.15, 0.2) is 5.11 Å². The van der Waals surface area contributed by atoms with Crippen molar-refractivity contribution < 1.29 is 8.83 Å². The van der Waals surface area contributed by atoms with Gasteiger partial charge in [-0.2, -0.15) is 0 Å². The van der Waals surface area contributed by atoms with Crippen molar-refractivity contribution in [1.82, 2.24) is 15.2 Å². The zero-order valence-corrected chi connectivity index (χ0v) is 14.0. The van der Waals surface area contributed by atoms with Crippen LogP contribution in [-0.4, -0.2) is 15.0 Å². The summed E-state index contributed by atoms with van der Waals surface area (Å²) in [7, 11) is 0. The number of thiocarbonyl (C=S) groups is 1. The number of nitrogens with one attached hydrogen (secondary N) is 1. The monoisotopic (exact) mass is 339 g/mol. The molecule has 0 aromatic carbocycles. The van der Waals surface area contributed by atoms with E-state index in [0.717, 1.165) is 23.0 Å². The zero-order valence-electron chi connectivity index (χ0n) is 13.2. The number of hydrogen-bond donors (Lipinski definition) is 1. The number of nitrogens with zero attached hydrogens (tertiary/aromatic N) is 2. The van der Waals surface area contributed by atoms with E-state index in [0.29, 0.717) is 11.7 Å². The van der Waals surface area contributed by atoms with E-state index < -0.39 is 0 Å². The van der Waals surface area contributed by atoms with Crippen LogP contribution in [0.4, 0.5) is 0 Å². The highest BCUT2D eigenvalue weighted by Gasteiger charge is 2.41. The normalized spacial score (nSPS) is 20.4. The molecular formula is C18H17N3O2S. The number of furan rings is 2. The fourth-order valence-corrected chi connectivity index (χ4v) is 3.37. The first-order valence-corrected chi connectivity index (χ1v) is 8.20. The molecule has 3 aromatic rings. The second-order valence-corrected chi connectivity index (χ2v) is 6.17. The molecule has 0 aliphatic carbocycles. The molecule has 2 atom stereocenters. The summed E-state index contributed by atoms with van der Waals surface area (Å²) >= 11 is 5.58. The molecule has 3 aromatic heterocycles. The number of hydrogen-bond acceptors (Lipinski definition) is 4. The van der Waals surface area contributed by atoms with Crippen molar-refractivity contribution in [2.24, 2.45) is 0 Å². The van der Waals surface area contributed by atoms with Gasteiger partial charge in [0.1, 0.15) is 23.3 Å². The average Bonchev–Trinajstić information content (AvgIpc) is 3.31. The maximum absolute atomic E-state index is 5.92. The Labute approximate surface area is 145 Å². The number of aryl methyl sites for hydroxylation is 1. The maximum atomic E-state index is 5.92. The van der Waals surface area contributed by atoms with Gasteiger partial charge < -0.3 is 19.1 Å². The van der Waals surface area contributed by atoms with Crippen molar-refractivity contribution in [2.75, 3.05) is 0 Å². The van der Waals surface area contributed by atoms with Crippen LogP contribution in [0.1, 0.15) is 35.1 Å². The Hall–Kier alpha value is -2.60. The zero-order chi connectivity index (χ0) is 16.5. The largest absolute Gasteiger partial charge is 0.467 e. The summed E-state index contributed by atoms with van der Waals surface area (Å²) in [5, 5.41) is 4.05. The van der Waals surface area contributed by atoms with Crippen LogP contribution < -0.4 is 5.32 Å². The van der Waals surface area contributed by atoms with Gasteiger partial charge in [-0.1, -0.05) is 6.07 Å². The predicted octanol–water partition coefficient (Wildman–Crippen LogP) is 3.75. The molecule has 6 heteroatoms. The van der Waals surface area contributed by atoms with Crippen molar-refractivity contribution in [2.45, 2.75) is 25.6 Å². The molecule has 0 bridgehead atoms. The molecule has 122 valence electrons. The van der Waals surface area contributed by atoms with Crippen molar-refractivity contribution in [3.63, 3.8) is 0 Å². The molecule has 1 fully saturated rings. The lowest BCUT2D eigenvalue weighted by Crippen LogP contribution is -2.28. The van der Waals surface area contributed by atoms with Crippen LogP contribution in [-0.2, 0) is 6.54 Å². The topological polar surface area (TPSA) is 54.4 Å². The standard InChI is InChI=1S/C18H17N3O2S/c1-12-7-8-15(23-12)17-16(14-6-2-3-9-19-14)20-18(24)21(17)11-13-5-4-10-22-13/h2-10,16-17H,11H2,1H3,(H,20,24). The first kappa shape index (κ1) is 15.0. The fraction of sp³-hybridized carbons (Fsp3) is 0.222. The van der Waals surface area contributed by atoms with Gasteiger partial charge in [-0.05, 0) is 55.5 Å². The van der Waals surface area contributed by atoms with Crippen molar-refractivity contribution >= 4 is 17.3 Å². The van der Waals surface area contributed by atoms with Crippen LogP contribution >= 0.6 is 12.2 Å². The van der Waals surface area contributed by atoms with E-state index in [1.165, 1.54) is 0 Å². The summed E-state index contributed by atoms with van der Waals surface area (Å²) in [6.45, 7) is 2.52. The first-order chi connectivity index (χ1) is 11.7. The van der Waals surface area contributed by atoms with Crippen LogP contribution in [0.2, 0.25) is 0 Å². The van der Waals surface area contributed by atoms with E-state index in [9.17, 15) is 0 Å². The minimum Gasteiger partial charge on any atom is -0.467 e. The van der Waals surface area contributed by atoms with E-state index in [4.69, 9.17) is 21.1 Å². The summed E-state index contributed by atoms with van der Waals surface area (Å²) in [6, 6.07) is 13.5. The Morgan fingerprint density at radius 2 is 2.12 bits per heavy atom. The fourth-order valence-electron chi connectivity index (χ4n) is 3.07. The highest BCUT2D eigenvalue weighted by molar-refractivity contribution is 7.80. The maximum Gasteiger partial charge on any atom is 0.170 e. The van der Waals surface area contributed by atoms with Gasteiger partial charge >= 0.3 is 0 Å². The highest BCUT2D eigenvalue weighted by atomic mass is 32.1. The Kier molecular flexibility index (Phi) is 3.82. The first-order valence-electron chi connectivity index (χ1n) is 7.79. The number of aromatic nitrogens is 1. The summed E-state index contributed by atoms with van der Waals surface area (Å²) in [6.07, 6.45) is 3.46. The molecule has 1 saturated heterocycles. The molecule has 24 heavy (non-hydrogen) atoms. The van der Waals surface area contributed by atoms with Gasteiger partial charge in [0, 0.05) is 6.20 Å². The van der Waals surface area contributed by atoms with Crippen molar-refractivity contribution in [1.29, 1.82) is 0 Å². The van der Waals surface area contributed by atoms with E-state index in [-0.39, 0.29) is 12.1 Å². The second-order valence-electron chi connectivity index (χ2n) is 5.78. The van der Waals surface area contributed by atoms with E-state index in [2.05, 4.69) is 15.2 Å². The van der Waals surface area contributed by atoms with Gasteiger partial charge in [0.2, 0.25) is 0 Å². The second kappa shape index (κ2) is 6.13. The Balaban J connectivity index is 1.73. The molecule has 4 rings (SSSR count). The van der Waals surface area contributed by atoms with Crippen molar-refractivity contribution in [3.05, 3.63) is 77.9 Å². The molecule has 0 saturated carbocycles. The summed E-state index contributed by atoms with van der Waals surface area (Å²) in [5.41, 5.74) is 0.931. The quantitative estimate of drug-likeness (QED) is 0.731. The molecule has 0 spiro atoms. The van der Waals surface area contributed by atoms with Crippen molar-refractivity contribution in [3.8, 4) is 0 Å². The van der Waals surface area contributed by atoms with Crippen LogP contribution in [0.5, 0.6) is 0 Å². The van der Waals surface area contributed by atoms with E-state index in [1.54, 1.807) is 12.5 Å². The smallest absolute Gasteiger partial charge is 0.170 e. The lowest BCUT2D eigenvalue weighted by Gasteiger charge is -2.25. The Bertz CT molecular complexity index is 829. The average molecular weight is 339 g/mol. The lowest BCUT2D eigenvalue weighted by atomic mass is 10.0. The Morgan fingerprint density at radius 1 is 1.21 bits per heavy atom. The summed E-state index contributed by atoms with van der Waals surface area (Å²) in [4.78, 5) is 6.58. The molecule has 0 amide bonds. The minimum absolute atomic E-state index is 0.0702. The SMILES string of the molecule is Cc1ccc(C2C(c3ccccn3)NC(=S)N2Cc2ccco2)o1. The van der Waals surface area contributed by atoms with E-state index in [1.807, 2.05) is 49.4 Å². The third-order valence-electron chi connectivity index (χ3n) is 4.16. The van der Waals surface area contributed by atoms with Crippen LogP contribution in [0.3, 0.4) is 0 Å². The van der Waals surface area contributed by atoms with Crippen LogP contribution in [0.25, 0.3) is 0 Å². The Morgan fingerprint density at radius 3 is 2.79 bits per heavy atom. The molecule has 1 aliphatic heterocycles. The number of rotatable bonds is 4. The summed E-state index contributed by atoms with van der Waals surface area (Å²) in [5.74, 6) is 2.59. The minimum atomic E-state index is -0.0776.